The molecule has 1 heterocycles. The van der Waals surface area contributed by atoms with Gasteiger partial charge in [-0.15, -0.1) is 0 Å². The number of benzene rings is 1. The molecule has 1 atom stereocenters. The Morgan fingerprint density at radius 2 is 1.94 bits per heavy atom. The molecule has 2 N–H and O–H groups in total. The Labute approximate surface area is 115 Å². The molecule has 0 radical (unpaired) electrons. The quantitative estimate of drug-likeness (QED) is 0.924. The highest BCUT2D eigenvalue weighted by Crippen LogP contribution is 2.10. The fraction of sp³-hybridized carbons (Fsp3) is 0.214. The minimum absolute atomic E-state index is 0.0566. The zero-order valence-electron chi connectivity index (χ0n) is 9.92. The van der Waals surface area contributed by atoms with E-state index in [1.165, 1.54) is 0 Å². The van der Waals surface area contributed by atoms with Gasteiger partial charge in [0.1, 0.15) is 12.4 Å². The van der Waals surface area contributed by atoms with E-state index >= 15 is 0 Å². The van der Waals surface area contributed by atoms with Crippen LogP contribution in [0.2, 0.25) is 0 Å². The van der Waals surface area contributed by atoms with E-state index < -0.39 is 0 Å². The van der Waals surface area contributed by atoms with Gasteiger partial charge in [0.25, 0.3) is 0 Å². The van der Waals surface area contributed by atoms with Crippen LogP contribution in [0.25, 0.3) is 0 Å². The Morgan fingerprint density at radius 3 is 2.61 bits per heavy atom. The second-order valence-corrected chi connectivity index (χ2v) is 4.97. The van der Waals surface area contributed by atoms with Gasteiger partial charge in [-0.25, -0.2) is 0 Å². The predicted octanol–water partition coefficient (Wildman–Crippen LogP) is 2.79. The van der Waals surface area contributed by atoms with Crippen molar-refractivity contribution in [3.8, 4) is 5.75 Å². The van der Waals surface area contributed by atoms with E-state index in [9.17, 15) is 0 Å². The van der Waals surface area contributed by atoms with E-state index in [-0.39, 0.29) is 6.04 Å². The van der Waals surface area contributed by atoms with Gasteiger partial charge in [0, 0.05) is 28.8 Å². The van der Waals surface area contributed by atoms with Gasteiger partial charge < -0.3 is 10.5 Å². The van der Waals surface area contributed by atoms with Gasteiger partial charge in [-0.3, -0.25) is 4.98 Å². The van der Waals surface area contributed by atoms with Crippen molar-refractivity contribution in [2.45, 2.75) is 12.5 Å². The van der Waals surface area contributed by atoms with Crippen molar-refractivity contribution in [2.75, 3.05) is 6.61 Å². The molecule has 2 aromatic rings. The highest BCUT2D eigenvalue weighted by molar-refractivity contribution is 9.10. The van der Waals surface area contributed by atoms with Crippen LogP contribution in [0.3, 0.4) is 0 Å². The summed E-state index contributed by atoms with van der Waals surface area (Å²) in [7, 11) is 0. The van der Waals surface area contributed by atoms with Crippen molar-refractivity contribution in [3.05, 3.63) is 58.8 Å². The molecule has 0 saturated carbocycles. The maximum absolute atomic E-state index is 6.01. The van der Waals surface area contributed by atoms with E-state index in [1.807, 2.05) is 42.5 Å². The normalized spacial score (nSPS) is 12.1. The molecule has 1 aromatic heterocycles. The molecule has 2 rings (SSSR count). The summed E-state index contributed by atoms with van der Waals surface area (Å²) in [4.78, 5) is 4.29. The average molecular weight is 307 g/mol. The first-order valence-corrected chi connectivity index (χ1v) is 6.57. The number of nitrogens with zero attached hydrogens (tertiary/aromatic N) is 1. The summed E-state index contributed by atoms with van der Waals surface area (Å²) in [6.45, 7) is 0.488. The maximum atomic E-state index is 6.01. The molecular formula is C14H15BrN2O. The second kappa shape index (κ2) is 6.52. The van der Waals surface area contributed by atoms with Crippen molar-refractivity contribution in [3.63, 3.8) is 0 Å². The standard InChI is InChI=1S/C14H15BrN2O/c15-11-6-7-13(17-9-11)8-12(16)10-18-14-4-2-1-3-5-14/h1-7,9,12H,8,10,16H2. The first kappa shape index (κ1) is 13.1. The van der Waals surface area contributed by atoms with E-state index in [0.717, 1.165) is 15.9 Å². The van der Waals surface area contributed by atoms with Crippen LogP contribution in [0.15, 0.2) is 53.1 Å². The zero-order valence-corrected chi connectivity index (χ0v) is 11.5. The fourth-order valence-corrected chi connectivity index (χ4v) is 1.81. The number of pyridine rings is 1. The molecule has 0 spiro atoms. The van der Waals surface area contributed by atoms with Gasteiger partial charge in [-0.1, -0.05) is 18.2 Å². The van der Waals surface area contributed by atoms with E-state index in [4.69, 9.17) is 10.5 Å². The SMILES string of the molecule is NC(COc1ccccc1)Cc1ccc(Br)cn1. The molecule has 0 bridgehead atoms. The Balaban J connectivity index is 1.82. The van der Waals surface area contributed by atoms with Crippen molar-refractivity contribution >= 4 is 15.9 Å². The number of ether oxygens (including phenoxy) is 1. The van der Waals surface area contributed by atoms with Crippen LogP contribution < -0.4 is 10.5 Å². The third kappa shape index (κ3) is 4.13. The van der Waals surface area contributed by atoms with E-state index in [2.05, 4.69) is 20.9 Å². The molecule has 3 nitrogen and oxygen atoms in total. The summed E-state index contributed by atoms with van der Waals surface area (Å²) in [5.74, 6) is 0.844. The lowest BCUT2D eigenvalue weighted by Crippen LogP contribution is -2.30. The third-order valence-electron chi connectivity index (χ3n) is 2.47. The number of hydrogen-bond acceptors (Lipinski definition) is 3. The van der Waals surface area contributed by atoms with Crippen LogP contribution >= 0.6 is 15.9 Å². The molecule has 0 aliphatic heterocycles. The van der Waals surface area contributed by atoms with Gasteiger partial charge in [0.05, 0.1) is 0 Å². The zero-order chi connectivity index (χ0) is 12.8. The Hall–Kier alpha value is -1.39. The number of hydrogen-bond donors (Lipinski definition) is 1. The highest BCUT2D eigenvalue weighted by atomic mass is 79.9. The van der Waals surface area contributed by atoms with Crippen LogP contribution in [0.1, 0.15) is 5.69 Å². The lowest BCUT2D eigenvalue weighted by molar-refractivity contribution is 0.287. The summed E-state index contributed by atoms with van der Waals surface area (Å²) in [5, 5.41) is 0. The molecule has 1 aromatic carbocycles. The number of aromatic nitrogens is 1. The summed E-state index contributed by atoms with van der Waals surface area (Å²) < 4.78 is 6.57. The van der Waals surface area contributed by atoms with Crippen molar-refractivity contribution < 1.29 is 4.74 Å². The monoisotopic (exact) mass is 306 g/mol. The van der Waals surface area contributed by atoms with Crippen molar-refractivity contribution in [1.29, 1.82) is 0 Å². The first-order valence-electron chi connectivity index (χ1n) is 5.78. The molecule has 0 aliphatic carbocycles. The van der Waals surface area contributed by atoms with Crippen molar-refractivity contribution in [2.24, 2.45) is 5.73 Å². The molecule has 4 heteroatoms. The summed E-state index contributed by atoms with van der Waals surface area (Å²) in [5.41, 5.74) is 6.99. The number of nitrogens with two attached hydrogens (primary N) is 1. The average Bonchev–Trinajstić information content (AvgIpc) is 2.40. The Kier molecular flexibility index (Phi) is 4.73. The van der Waals surface area contributed by atoms with E-state index in [0.29, 0.717) is 13.0 Å². The summed E-state index contributed by atoms with van der Waals surface area (Å²) in [6.07, 6.45) is 2.49. The Bertz CT molecular complexity index is 473. The molecule has 0 amide bonds. The number of rotatable bonds is 5. The van der Waals surface area contributed by atoms with Crippen LogP contribution in [0, 0.1) is 0 Å². The van der Waals surface area contributed by atoms with Gasteiger partial charge in [-0.2, -0.15) is 0 Å². The number of halogens is 1. The lowest BCUT2D eigenvalue weighted by Gasteiger charge is -2.12. The minimum Gasteiger partial charge on any atom is -0.492 e. The van der Waals surface area contributed by atoms with Crippen LogP contribution in [-0.2, 0) is 6.42 Å². The highest BCUT2D eigenvalue weighted by Gasteiger charge is 2.06. The lowest BCUT2D eigenvalue weighted by atomic mass is 10.1. The molecule has 0 fully saturated rings. The van der Waals surface area contributed by atoms with Gasteiger partial charge in [0.15, 0.2) is 0 Å². The molecule has 18 heavy (non-hydrogen) atoms. The molecule has 94 valence electrons. The largest absolute Gasteiger partial charge is 0.492 e. The van der Waals surface area contributed by atoms with Gasteiger partial charge in [-0.05, 0) is 40.2 Å². The van der Waals surface area contributed by atoms with E-state index in [1.54, 1.807) is 6.20 Å². The minimum atomic E-state index is -0.0566. The predicted molar refractivity (Wildman–Crippen MR) is 75.6 cm³/mol. The van der Waals surface area contributed by atoms with Crippen molar-refractivity contribution in [1.82, 2.24) is 4.98 Å². The second-order valence-electron chi connectivity index (χ2n) is 4.06. The van der Waals surface area contributed by atoms with Gasteiger partial charge in [0.2, 0.25) is 0 Å². The summed E-state index contributed by atoms with van der Waals surface area (Å²) in [6, 6.07) is 13.6. The summed E-state index contributed by atoms with van der Waals surface area (Å²) >= 11 is 3.35. The maximum Gasteiger partial charge on any atom is 0.119 e. The molecule has 0 aliphatic rings. The van der Waals surface area contributed by atoms with Crippen LogP contribution in [0.4, 0.5) is 0 Å². The Morgan fingerprint density at radius 1 is 1.17 bits per heavy atom. The molecular weight excluding hydrogens is 292 g/mol. The number of para-hydroxylation sites is 1. The third-order valence-corrected chi connectivity index (χ3v) is 2.94. The molecule has 0 saturated heterocycles. The molecule has 1 unspecified atom stereocenters. The van der Waals surface area contributed by atoms with Crippen LogP contribution in [-0.4, -0.2) is 17.6 Å². The smallest absolute Gasteiger partial charge is 0.119 e. The fourth-order valence-electron chi connectivity index (χ4n) is 1.57. The van der Waals surface area contributed by atoms with Crippen LogP contribution in [0.5, 0.6) is 5.75 Å². The topological polar surface area (TPSA) is 48.1 Å². The first-order chi connectivity index (χ1) is 8.74. The van der Waals surface area contributed by atoms with Gasteiger partial charge >= 0.3 is 0 Å².